The quantitative estimate of drug-likeness (QED) is 0.110. The van der Waals surface area contributed by atoms with Crippen molar-refractivity contribution >= 4 is 30.4 Å². The second kappa shape index (κ2) is 14.4. The molecule has 212 valence electrons. The summed E-state index contributed by atoms with van der Waals surface area (Å²) < 4.78 is 18.4. The number of hydrogen-bond donors (Lipinski definition) is 0. The second-order valence-corrected chi connectivity index (χ2v) is 15.6. The molecule has 0 saturated carbocycles. The van der Waals surface area contributed by atoms with Gasteiger partial charge in [0.05, 0.1) is 25.2 Å². The predicted octanol–water partition coefficient (Wildman–Crippen LogP) is 5.72. The summed E-state index contributed by atoms with van der Waals surface area (Å²) in [6.07, 6.45) is 1.27. The average Bonchev–Trinajstić information content (AvgIpc) is 2.94. The van der Waals surface area contributed by atoms with Gasteiger partial charge in [-0.25, -0.2) is 4.79 Å². The SMILES string of the molecule is C=CC(COCc1ccccc1)C(CO[Si](c1ccccc1)(c1ccccc1)C(C)(C)C)C(=O)C(=O)OC(C)C. The highest BCUT2D eigenvalue weighted by molar-refractivity contribution is 6.99. The molecule has 0 spiro atoms. The molecule has 0 fully saturated rings. The van der Waals surface area contributed by atoms with Crippen molar-refractivity contribution in [3.8, 4) is 0 Å². The Balaban J connectivity index is 1.98. The minimum absolute atomic E-state index is 0.0324. The van der Waals surface area contributed by atoms with E-state index in [9.17, 15) is 9.59 Å². The van der Waals surface area contributed by atoms with Crippen LogP contribution >= 0.6 is 0 Å². The first-order valence-electron chi connectivity index (χ1n) is 13.8. The summed E-state index contributed by atoms with van der Waals surface area (Å²) in [7, 11) is -2.95. The van der Waals surface area contributed by atoms with E-state index in [0.29, 0.717) is 6.61 Å². The zero-order valence-corrected chi connectivity index (χ0v) is 25.3. The predicted molar refractivity (Wildman–Crippen MR) is 163 cm³/mol. The van der Waals surface area contributed by atoms with Gasteiger partial charge in [-0.2, -0.15) is 0 Å². The number of carbonyl (C=O) groups is 2. The van der Waals surface area contributed by atoms with E-state index in [2.05, 4.69) is 51.6 Å². The number of ketones is 1. The van der Waals surface area contributed by atoms with Gasteiger partial charge in [-0.05, 0) is 34.8 Å². The molecule has 0 aromatic heterocycles. The number of benzene rings is 3. The molecule has 6 heteroatoms. The highest BCUT2D eigenvalue weighted by atomic mass is 28.4. The largest absolute Gasteiger partial charge is 0.457 e. The lowest BCUT2D eigenvalue weighted by atomic mass is 9.89. The number of hydrogen-bond acceptors (Lipinski definition) is 5. The molecule has 2 atom stereocenters. The van der Waals surface area contributed by atoms with Crippen LogP contribution in [0.3, 0.4) is 0 Å². The van der Waals surface area contributed by atoms with Crippen LogP contribution in [0.15, 0.2) is 104 Å². The van der Waals surface area contributed by atoms with Gasteiger partial charge in [0.25, 0.3) is 8.32 Å². The summed E-state index contributed by atoms with van der Waals surface area (Å²) in [6.45, 7) is 14.6. The van der Waals surface area contributed by atoms with Gasteiger partial charge in [0.15, 0.2) is 0 Å². The lowest BCUT2D eigenvalue weighted by Gasteiger charge is -2.44. The Morgan fingerprint density at radius 1 is 0.825 bits per heavy atom. The minimum Gasteiger partial charge on any atom is -0.457 e. The van der Waals surface area contributed by atoms with E-state index in [1.807, 2.05) is 66.7 Å². The first-order valence-corrected chi connectivity index (χ1v) is 15.7. The zero-order chi connectivity index (χ0) is 29.2. The topological polar surface area (TPSA) is 61.8 Å². The van der Waals surface area contributed by atoms with Crippen molar-refractivity contribution in [1.82, 2.24) is 0 Å². The second-order valence-electron chi connectivity index (χ2n) is 11.3. The van der Waals surface area contributed by atoms with Gasteiger partial charge in [-0.15, -0.1) is 6.58 Å². The van der Waals surface area contributed by atoms with Crippen LogP contribution in [0.1, 0.15) is 40.2 Å². The number of ether oxygens (including phenoxy) is 2. The maximum absolute atomic E-state index is 13.6. The van der Waals surface area contributed by atoms with Crippen LogP contribution in [0.25, 0.3) is 0 Å². The van der Waals surface area contributed by atoms with Crippen LogP contribution in [-0.4, -0.2) is 39.4 Å². The molecule has 3 aromatic rings. The van der Waals surface area contributed by atoms with E-state index in [0.717, 1.165) is 15.9 Å². The molecule has 0 aliphatic heterocycles. The molecule has 2 unspecified atom stereocenters. The van der Waals surface area contributed by atoms with Crippen LogP contribution in [-0.2, 0) is 30.1 Å². The molecule has 0 aliphatic rings. The Kier molecular flexibility index (Phi) is 11.2. The number of esters is 1. The molecule has 0 bridgehead atoms. The molecule has 5 nitrogen and oxygen atoms in total. The Morgan fingerprint density at radius 3 is 1.77 bits per heavy atom. The summed E-state index contributed by atoms with van der Waals surface area (Å²) in [5, 5.41) is 1.91. The van der Waals surface area contributed by atoms with Crippen molar-refractivity contribution in [3.05, 3.63) is 109 Å². The van der Waals surface area contributed by atoms with Crippen molar-refractivity contribution in [2.75, 3.05) is 13.2 Å². The van der Waals surface area contributed by atoms with Crippen LogP contribution in [0, 0.1) is 11.8 Å². The molecular weight excluding hydrogens is 516 g/mol. The monoisotopic (exact) mass is 558 g/mol. The average molecular weight is 559 g/mol. The Morgan fingerprint density at radius 2 is 1.32 bits per heavy atom. The molecule has 3 aromatic carbocycles. The molecular formula is C34H42O5Si. The van der Waals surface area contributed by atoms with Crippen molar-refractivity contribution in [2.45, 2.75) is 52.4 Å². The lowest BCUT2D eigenvalue weighted by Crippen LogP contribution is -2.67. The molecule has 0 radical (unpaired) electrons. The molecule has 0 N–H and O–H groups in total. The maximum atomic E-state index is 13.6. The third-order valence-corrected chi connectivity index (χ3v) is 12.0. The molecule has 0 aliphatic carbocycles. The van der Waals surface area contributed by atoms with E-state index < -0.39 is 38.0 Å². The maximum Gasteiger partial charge on any atom is 0.375 e. The molecule has 0 amide bonds. The summed E-state index contributed by atoms with van der Waals surface area (Å²) in [4.78, 5) is 26.5. The zero-order valence-electron chi connectivity index (χ0n) is 24.3. The smallest absolute Gasteiger partial charge is 0.375 e. The van der Waals surface area contributed by atoms with Gasteiger partial charge >= 0.3 is 5.97 Å². The van der Waals surface area contributed by atoms with Gasteiger partial charge in [-0.1, -0.05) is 118 Å². The number of carbonyl (C=O) groups excluding carboxylic acids is 2. The van der Waals surface area contributed by atoms with Crippen molar-refractivity contribution < 1.29 is 23.5 Å². The van der Waals surface area contributed by atoms with Gasteiger partial charge in [0, 0.05) is 12.5 Å². The lowest BCUT2D eigenvalue weighted by molar-refractivity contribution is -0.159. The van der Waals surface area contributed by atoms with Crippen LogP contribution in [0.2, 0.25) is 5.04 Å². The fourth-order valence-electron chi connectivity index (χ4n) is 5.03. The highest BCUT2D eigenvalue weighted by Gasteiger charge is 2.51. The van der Waals surface area contributed by atoms with Crippen molar-refractivity contribution in [3.63, 3.8) is 0 Å². The number of rotatable bonds is 14. The van der Waals surface area contributed by atoms with Crippen molar-refractivity contribution in [2.24, 2.45) is 11.8 Å². The summed E-state index contributed by atoms with van der Waals surface area (Å²) in [5.41, 5.74) is 1.02. The van der Waals surface area contributed by atoms with E-state index >= 15 is 0 Å². The van der Waals surface area contributed by atoms with Gasteiger partial charge in [-0.3, -0.25) is 4.79 Å². The van der Waals surface area contributed by atoms with Crippen LogP contribution in [0.4, 0.5) is 0 Å². The van der Waals surface area contributed by atoms with Crippen molar-refractivity contribution in [1.29, 1.82) is 0 Å². The third kappa shape index (κ3) is 7.66. The first-order chi connectivity index (χ1) is 19.1. The Bertz CT molecular complexity index is 1180. The molecule has 40 heavy (non-hydrogen) atoms. The van der Waals surface area contributed by atoms with E-state index in [1.54, 1.807) is 19.9 Å². The highest BCUT2D eigenvalue weighted by Crippen LogP contribution is 2.37. The summed E-state index contributed by atoms with van der Waals surface area (Å²) in [6, 6.07) is 30.3. The van der Waals surface area contributed by atoms with Gasteiger partial charge in [0.1, 0.15) is 0 Å². The van der Waals surface area contributed by atoms with Crippen LogP contribution in [0.5, 0.6) is 0 Å². The summed E-state index contributed by atoms with van der Waals surface area (Å²) in [5.74, 6) is -2.75. The fourth-order valence-corrected chi connectivity index (χ4v) is 9.61. The molecule has 3 rings (SSSR count). The van der Waals surface area contributed by atoms with E-state index in [-0.39, 0.29) is 18.3 Å². The molecule has 0 saturated heterocycles. The number of Topliss-reactive ketones (excluding diaryl/α,β-unsaturated/α-hetero) is 1. The minimum atomic E-state index is -2.95. The van der Waals surface area contributed by atoms with E-state index in [4.69, 9.17) is 13.9 Å². The van der Waals surface area contributed by atoms with E-state index in [1.165, 1.54) is 0 Å². The normalized spacial score (nSPS) is 13.4. The molecule has 0 heterocycles. The third-order valence-electron chi connectivity index (χ3n) is 7.02. The van der Waals surface area contributed by atoms with Gasteiger partial charge in [0.2, 0.25) is 5.78 Å². The van der Waals surface area contributed by atoms with Gasteiger partial charge < -0.3 is 13.9 Å². The Hall–Kier alpha value is -3.32. The standard InChI is InChI=1S/C34H42O5Si/c1-7-28(24-37-23-27-17-11-8-12-18-27)31(32(35)33(36)39-26(2)3)25-38-40(34(4,5)6,29-19-13-9-14-20-29)30-21-15-10-16-22-30/h7-22,26,28,31H,1,23-25H2,2-6H3. The first kappa shape index (κ1) is 31.2. The summed E-state index contributed by atoms with van der Waals surface area (Å²) >= 11 is 0. The fraction of sp³-hybridized carbons (Fsp3) is 0.353. The van der Waals surface area contributed by atoms with Crippen LogP contribution < -0.4 is 10.4 Å². The Labute approximate surface area is 240 Å².